The maximum atomic E-state index is 16.1. The van der Waals surface area contributed by atoms with Crippen molar-refractivity contribution in [2.45, 2.75) is 63.3 Å². The summed E-state index contributed by atoms with van der Waals surface area (Å²) in [6, 6.07) is 14.5. The lowest BCUT2D eigenvalue weighted by molar-refractivity contribution is 0.0589. The van der Waals surface area contributed by atoms with Crippen molar-refractivity contribution >= 4 is 11.9 Å². The van der Waals surface area contributed by atoms with E-state index in [-0.39, 0.29) is 29.3 Å². The van der Waals surface area contributed by atoms with Gasteiger partial charge in [0.1, 0.15) is 5.82 Å². The Morgan fingerprint density at radius 3 is 2.67 bits per heavy atom. The Hall–Kier alpha value is -4.27. The summed E-state index contributed by atoms with van der Waals surface area (Å²) in [4.78, 5) is 28.2. The number of hydrogen-bond donors (Lipinski definition) is 0. The van der Waals surface area contributed by atoms with Crippen LogP contribution in [0.15, 0.2) is 60.9 Å². The van der Waals surface area contributed by atoms with Crippen LogP contribution in [0.3, 0.4) is 0 Å². The Kier molecular flexibility index (Phi) is 7.66. The van der Waals surface area contributed by atoms with E-state index in [1.165, 1.54) is 7.11 Å². The zero-order valence-electron chi connectivity index (χ0n) is 24.3. The molecule has 2 fully saturated rings. The van der Waals surface area contributed by atoms with Gasteiger partial charge in [-0.2, -0.15) is 0 Å². The van der Waals surface area contributed by atoms with Crippen molar-refractivity contribution in [3.05, 3.63) is 89.3 Å². The zero-order valence-corrected chi connectivity index (χ0v) is 24.3. The van der Waals surface area contributed by atoms with E-state index in [0.29, 0.717) is 23.2 Å². The van der Waals surface area contributed by atoms with E-state index < -0.39 is 11.8 Å². The topological polar surface area (TPSA) is 82.3 Å². The number of rotatable bonds is 8. The number of hydrogen-bond acceptors (Lipinski definition) is 5. The van der Waals surface area contributed by atoms with Gasteiger partial charge in [-0.3, -0.25) is 9.48 Å². The fourth-order valence-electron chi connectivity index (χ4n) is 6.49. The minimum absolute atomic E-state index is 0.0627. The van der Waals surface area contributed by atoms with Gasteiger partial charge in [0.15, 0.2) is 0 Å². The van der Waals surface area contributed by atoms with Crippen LogP contribution in [0.5, 0.6) is 0 Å². The molecule has 0 bridgehead atoms. The van der Waals surface area contributed by atoms with E-state index in [9.17, 15) is 9.59 Å². The number of nitrogens with zero attached hydrogens (tertiary/aromatic N) is 5. The number of ether oxygens (including phenoxy) is 1. The molecule has 3 atom stereocenters. The number of carbonyl (C=O) groups excluding carboxylic acids is 2. The normalized spacial score (nSPS) is 20.0. The van der Waals surface area contributed by atoms with Crippen LogP contribution in [0, 0.1) is 5.82 Å². The highest BCUT2D eigenvalue weighted by atomic mass is 19.1. The zero-order chi connectivity index (χ0) is 29.4. The van der Waals surface area contributed by atoms with Crippen molar-refractivity contribution in [1.82, 2.24) is 24.5 Å². The minimum atomic E-state index is -0.506. The van der Waals surface area contributed by atoms with Gasteiger partial charge in [-0.1, -0.05) is 42.8 Å². The Bertz CT molecular complexity index is 1620. The van der Waals surface area contributed by atoms with E-state index in [2.05, 4.69) is 17.2 Å². The van der Waals surface area contributed by atoms with E-state index >= 15 is 4.39 Å². The molecule has 218 valence electrons. The first-order valence-corrected chi connectivity index (χ1v) is 14.8. The molecule has 8 nitrogen and oxygen atoms in total. The molecule has 2 aromatic heterocycles. The summed E-state index contributed by atoms with van der Waals surface area (Å²) in [5, 5.41) is 8.35. The highest BCUT2D eigenvalue weighted by molar-refractivity contribution is 5.96. The smallest absolute Gasteiger partial charge is 0.339 e. The van der Waals surface area contributed by atoms with Gasteiger partial charge >= 0.3 is 5.97 Å². The average molecular weight is 570 g/mol. The number of carbonyl (C=O) groups is 2. The Morgan fingerprint density at radius 1 is 1.07 bits per heavy atom. The summed E-state index contributed by atoms with van der Waals surface area (Å²) in [6.07, 6.45) is 9.53. The van der Waals surface area contributed by atoms with Crippen LogP contribution in [-0.2, 0) is 11.8 Å². The largest absolute Gasteiger partial charge is 0.465 e. The first kappa shape index (κ1) is 27.9. The van der Waals surface area contributed by atoms with Crippen LogP contribution >= 0.6 is 0 Å². The van der Waals surface area contributed by atoms with Gasteiger partial charge in [-0.15, -0.1) is 5.10 Å². The van der Waals surface area contributed by atoms with E-state index in [4.69, 9.17) is 4.74 Å². The number of methoxy groups -OCH3 is 1. The highest BCUT2D eigenvalue weighted by Crippen LogP contribution is 2.55. The molecule has 0 unspecified atom stereocenters. The summed E-state index contributed by atoms with van der Waals surface area (Å²) in [5.74, 6) is -0.935. The second kappa shape index (κ2) is 11.5. The first-order valence-electron chi connectivity index (χ1n) is 14.8. The van der Waals surface area contributed by atoms with E-state index in [0.717, 1.165) is 55.6 Å². The molecule has 2 aromatic carbocycles. The van der Waals surface area contributed by atoms with Crippen molar-refractivity contribution in [2.75, 3.05) is 13.7 Å². The summed E-state index contributed by atoms with van der Waals surface area (Å²) in [6.45, 7) is 2.78. The van der Waals surface area contributed by atoms with Crippen molar-refractivity contribution < 1.29 is 18.7 Å². The van der Waals surface area contributed by atoms with Crippen LogP contribution in [0.2, 0.25) is 0 Å². The van der Waals surface area contributed by atoms with Crippen molar-refractivity contribution in [2.24, 2.45) is 7.05 Å². The van der Waals surface area contributed by atoms with E-state index in [1.807, 2.05) is 53.2 Å². The van der Waals surface area contributed by atoms with Crippen LogP contribution in [0.1, 0.15) is 89.4 Å². The van der Waals surface area contributed by atoms with Crippen molar-refractivity contribution in [1.29, 1.82) is 0 Å². The number of amides is 1. The van der Waals surface area contributed by atoms with Gasteiger partial charge in [0, 0.05) is 60.8 Å². The van der Waals surface area contributed by atoms with Gasteiger partial charge in [0.2, 0.25) is 0 Å². The quantitative estimate of drug-likeness (QED) is 0.234. The molecular formula is C33H36FN5O3. The predicted octanol–water partition coefficient (Wildman–Crippen LogP) is 6.26. The van der Waals surface area contributed by atoms with Crippen molar-refractivity contribution in [3.8, 4) is 16.8 Å². The third kappa shape index (κ3) is 5.12. The summed E-state index contributed by atoms with van der Waals surface area (Å²) < 4.78 is 24.8. The lowest BCUT2D eigenvalue weighted by Gasteiger charge is -2.36. The summed E-state index contributed by atoms with van der Waals surface area (Å²) in [5.41, 5.74) is 4.16. The molecule has 0 spiro atoms. The molecule has 42 heavy (non-hydrogen) atoms. The molecule has 1 aliphatic heterocycles. The SMILES string of the molecule is CCC[C@@H]1CCCCN1C(=O)c1cccc(-c2cccc(-n3ccc(C(=O)OC)c3[C@@H]3C[C@H]3c3cn(C)nn3)c2)c1F. The van der Waals surface area contributed by atoms with Crippen molar-refractivity contribution in [3.63, 3.8) is 0 Å². The number of aryl methyl sites for hydroxylation is 1. The standard InChI is InChI=1S/C33H36FN5O3/c1-4-9-22-11-5-6-16-39(22)32(40)25-14-8-13-24(30(25)34)21-10-7-12-23(18-21)38-17-15-26(33(41)42-3)31(38)28-19-27(28)29-20-37(2)36-35-29/h7-8,10,12-15,17-18,20,22,27-28H,4-6,9,11,16,19H2,1-3H3/t22-,27-,28-/m1/s1. The molecule has 3 heterocycles. The van der Waals surface area contributed by atoms with Gasteiger partial charge in [-0.05, 0) is 61.9 Å². The number of aromatic nitrogens is 4. The van der Waals surface area contributed by atoms with Gasteiger partial charge in [0.05, 0.1) is 23.9 Å². The summed E-state index contributed by atoms with van der Waals surface area (Å²) >= 11 is 0. The maximum Gasteiger partial charge on any atom is 0.339 e. The Labute approximate surface area is 245 Å². The van der Waals surface area contributed by atoms with Crippen LogP contribution in [-0.4, -0.2) is 56.0 Å². The average Bonchev–Trinajstić information content (AvgIpc) is 3.46. The molecule has 1 saturated carbocycles. The lowest BCUT2D eigenvalue weighted by Crippen LogP contribution is -2.44. The third-order valence-corrected chi connectivity index (χ3v) is 8.65. The highest BCUT2D eigenvalue weighted by Gasteiger charge is 2.45. The molecule has 9 heteroatoms. The fraction of sp³-hybridized carbons (Fsp3) is 0.394. The van der Waals surface area contributed by atoms with Crippen LogP contribution < -0.4 is 0 Å². The van der Waals surface area contributed by atoms with Gasteiger partial charge < -0.3 is 14.2 Å². The van der Waals surface area contributed by atoms with E-state index in [1.54, 1.807) is 28.9 Å². The second-order valence-electron chi connectivity index (χ2n) is 11.4. The lowest BCUT2D eigenvalue weighted by atomic mass is 9.96. The predicted molar refractivity (Wildman–Crippen MR) is 157 cm³/mol. The van der Waals surface area contributed by atoms with Crippen LogP contribution in [0.25, 0.3) is 16.8 Å². The molecular weight excluding hydrogens is 533 g/mol. The van der Waals surface area contributed by atoms with Gasteiger partial charge in [0.25, 0.3) is 5.91 Å². The monoisotopic (exact) mass is 569 g/mol. The molecule has 2 aliphatic rings. The number of benzene rings is 2. The molecule has 1 amide bonds. The molecule has 6 rings (SSSR count). The van der Waals surface area contributed by atoms with Gasteiger partial charge in [-0.25, -0.2) is 9.18 Å². The fourth-order valence-corrected chi connectivity index (χ4v) is 6.49. The maximum absolute atomic E-state index is 16.1. The first-order chi connectivity index (χ1) is 20.4. The summed E-state index contributed by atoms with van der Waals surface area (Å²) in [7, 11) is 3.21. The Balaban J connectivity index is 1.35. The molecule has 4 aromatic rings. The molecule has 0 N–H and O–H groups in total. The third-order valence-electron chi connectivity index (χ3n) is 8.65. The minimum Gasteiger partial charge on any atom is -0.465 e. The number of esters is 1. The number of likely N-dealkylation sites (tertiary alicyclic amines) is 1. The second-order valence-corrected chi connectivity index (χ2v) is 11.4. The molecule has 1 saturated heterocycles. The molecule has 0 radical (unpaired) electrons. The Morgan fingerprint density at radius 2 is 1.90 bits per heavy atom. The number of piperidine rings is 1. The molecule has 1 aliphatic carbocycles. The number of halogens is 1. The van der Waals surface area contributed by atoms with Crippen LogP contribution in [0.4, 0.5) is 4.39 Å².